The molecule has 0 heterocycles. The van der Waals surface area contributed by atoms with Crippen molar-refractivity contribution >= 4 is 5.97 Å². The Morgan fingerprint density at radius 3 is 2.69 bits per heavy atom. The number of likely N-dealkylation sites (N-methyl/N-ethyl adjacent to an activating group) is 1. The van der Waals surface area contributed by atoms with Crippen LogP contribution in [0.15, 0.2) is 0 Å². The topological polar surface area (TPSA) is 47.6 Å². The zero-order valence-corrected chi connectivity index (χ0v) is 10.5. The highest BCUT2D eigenvalue weighted by Gasteiger charge is 2.24. The quantitative estimate of drug-likeness (QED) is 0.723. The highest BCUT2D eigenvalue weighted by Crippen LogP contribution is 2.26. The number of rotatable bonds is 5. The summed E-state index contributed by atoms with van der Waals surface area (Å²) >= 11 is 0. The summed E-state index contributed by atoms with van der Waals surface area (Å²) < 4.78 is 10.5. The van der Waals surface area contributed by atoms with E-state index in [0.717, 1.165) is 6.42 Å². The van der Waals surface area contributed by atoms with Gasteiger partial charge in [-0.2, -0.15) is 0 Å². The van der Waals surface area contributed by atoms with Crippen LogP contribution in [0.25, 0.3) is 0 Å². The average molecular weight is 229 g/mol. The van der Waals surface area contributed by atoms with Gasteiger partial charge >= 0.3 is 5.97 Å². The Kier molecular flexibility index (Phi) is 5.77. The van der Waals surface area contributed by atoms with E-state index >= 15 is 0 Å². The Labute approximate surface area is 97.7 Å². The first-order valence-electron chi connectivity index (χ1n) is 6.05. The minimum Gasteiger partial charge on any atom is -0.468 e. The van der Waals surface area contributed by atoms with Crippen LogP contribution < -0.4 is 5.32 Å². The molecule has 16 heavy (non-hydrogen) atoms. The van der Waals surface area contributed by atoms with Crippen molar-refractivity contribution in [2.45, 2.75) is 44.8 Å². The molecule has 1 aliphatic carbocycles. The average Bonchev–Trinajstić information content (AvgIpc) is 2.31. The number of carbonyl (C=O) groups is 1. The summed E-state index contributed by atoms with van der Waals surface area (Å²) in [5.74, 6) is 0.342. The Morgan fingerprint density at radius 1 is 1.44 bits per heavy atom. The molecule has 94 valence electrons. The number of hydrogen-bond donors (Lipinski definition) is 1. The van der Waals surface area contributed by atoms with Crippen LogP contribution in [0.5, 0.6) is 0 Å². The third kappa shape index (κ3) is 3.76. The molecule has 1 rings (SSSR count). The second-order valence-electron chi connectivity index (χ2n) is 4.50. The second kappa shape index (κ2) is 6.86. The maximum Gasteiger partial charge on any atom is 0.325 e. The van der Waals surface area contributed by atoms with Crippen LogP contribution in [0.4, 0.5) is 0 Å². The number of carbonyl (C=O) groups excluding carboxylic acids is 1. The summed E-state index contributed by atoms with van der Waals surface area (Å²) in [5, 5.41) is 2.91. The monoisotopic (exact) mass is 229 g/mol. The van der Waals surface area contributed by atoms with Gasteiger partial charge in [0.05, 0.1) is 19.8 Å². The van der Waals surface area contributed by atoms with Gasteiger partial charge in [-0.05, 0) is 25.8 Å². The molecule has 0 saturated heterocycles. The number of hydrogen-bond acceptors (Lipinski definition) is 4. The fourth-order valence-corrected chi connectivity index (χ4v) is 2.16. The largest absolute Gasteiger partial charge is 0.468 e. The third-order valence-electron chi connectivity index (χ3n) is 3.34. The van der Waals surface area contributed by atoms with Crippen LogP contribution in [0, 0.1) is 5.92 Å². The molecule has 0 spiro atoms. The lowest BCUT2D eigenvalue weighted by molar-refractivity contribution is -0.145. The molecule has 3 atom stereocenters. The van der Waals surface area contributed by atoms with Gasteiger partial charge in [0.15, 0.2) is 0 Å². The standard InChI is InChI=1S/C12H23NO3/c1-9-6-4-5-7-11(9)16-8-10(13-2)12(14)15-3/h9-11,13H,4-8H2,1-3H3. The van der Waals surface area contributed by atoms with E-state index in [1.165, 1.54) is 26.4 Å². The van der Waals surface area contributed by atoms with E-state index in [4.69, 9.17) is 4.74 Å². The molecule has 1 saturated carbocycles. The minimum absolute atomic E-state index is 0.258. The lowest BCUT2D eigenvalue weighted by Crippen LogP contribution is -2.41. The molecule has 0 aliphatic heterocycles. The van der Waals surface area contributed by atoms with E-state index < -0.39 is 0 Å². The summed E-state index contributed by atoms with van der Waals surface area (Å²) in [7, 11) is 3.14. The van der Waals surface area contributed by atoms with Crippen LogP contribution in [0.1, 0.15) is 32.6 Å². The first-order valence-corrected chi connectivity index (χ1v) is 6.05. The van der Waals surface area contributed by atoms with Crippen LogP contribution in [-0.2, 0) is 14.3 Å². The molecular weight excluding hydrogens is 206 g/mol. The smallest absolute Gasteiger partial charge is 0.325 e. The van der Waals surface area contributed by atoms with Crippen molar-refractivity contribution in [2.24, 2.45) is 5.92 Å². The van der Waals surface area contributed by atoms with Crippen molar-refractivity contribution in [2.75, 3.05) is 20.8 Å². The number of methoxy groups -OCH3 is 1. The zero-order valence-electron chi connectivity index (χ0n) is 10.5. The van der Waals surface area contributed by atoms with Crippen molar-refractivity contribution in [3.8, 4) is 0 Å². The number of esters is 1. The van der Waals surface area contributed by atoms with E-state index in [1.54, 1.807) is 7.05 Å². The van der Waals surface area contributed by atoms with Crippen LogP contribution in [0.3, 0.4) is 0 Å². The number of ether oxygens (including phenoxy) is 2. The molecule has 0 radical (unpaired) electrons. The maximum absolute atomic E-state index is 11.3. The van der Waals surface area contributed by atoms with Gasteiger partial charge in [-0.1, -0.05) is 19.8 Å². The van der Waals surface area contributed by atoms with Crippen LogP contribution in [-0.4, -0.2) is 38.9 Å². The molecule has 0 bridgehead atoms. The van der Waals surface area contributed by atoms with Gasteiger partial charge in [-0.25, -0.2) is 0 Å². The summed E-state index contributed by atoms with van der Waals surface area (Å²) in [5.41, 5.74) is 0. The van der Waals surface area contributed by atoms with Gasteiger partial charge in [0.2, 0.25) is 0 Å². The Bertz CT molecular complexity index is 220. The maximum atomic E-state index is 11.3. The fraction of sp³-hybridized carbons (Fsp3) is 0.917. The SMILES string of the molecule is CNC(COC1CCCCC1C)C(=O)OC. The first-order chi connectivity index (χ1) is 7.69. The van der Waals surface area contributed by atoms with Crippen molar-refractivity contribution in [3.05, 3.63) is 0 Å². The molecule has 4 nitrogen and oxygen atoms in total. The molecule has 1 aliphatic rings. The highest BCUT2D eigenvalue weighted by atomic mass is 16.5. The molecule has 0 aromatic heterocycles. The third-order valence-corrected chi connectivity index (χ3v) is 3.34. The summed E-state index contributed by atoms with van der Waals surface area (Å²) in [4.78, 5) is 11.3. The molecule has 0 amide bonds. The van der Waals surface area contributed by atoms with Crippen LogP contribution >= 0.6 is 0 Å². The normalized spacial score (nSPS) is 27.4. The van der Waals surface area contributed by atoms with E-state index in [0.29, 0.717) is 18.6 Å². The number of nitrogens with one attached hydrogen (secondary N) is 1. The summed E-state index contributed by atoms with van der Waals surface area (Å²) in [6.45, 7) is 2.62. The van der Waals surface area contributed by atoms with Gasteiger partial charge in [-0.15, -0.1) is 0 Å². The van der Waals surface area contributed by atoms with Crippen molar-refractivity contribution < 1.29 is 14.3 Å². The Morgan fingerprint density at radius 2 is 2.12 bits per heavy atom. The van der Waals surface area contributed by atoms with Gasteiger partial charge in [0.25, 0.3) is 0 Å². The fourth-order valence-electron chi connectivity index (χ4n) is 2.16. The predicted octanol–water partition coefficient (Wildman–Crippen LogP) is 1.34. The van der Waals surface area contributed by atoms with E-state index in [-0.39, 0.29) is 12.0 Å². The van der Waals surface area contributed by atoms with Gasteiger partial charge in [0.1, 0.15) is 6.04 Å². The molecule has 1 N–H and O–H groups in total. The van der Waals surface area contributed by atoms with Gasteiger partial charge in [0, 0.05) is 0 Å². The highest BCUT2D eigenvalue weighted by molar-refractivity contribution is 5.75. The molecule has 0 aromatic rings. The summed E-state index contributed by atoms with van der Waals surface area (Å²) in [6.07, 6.45) is 5.17. The van der Waals surface area contributed by atoms with Crippen molar-refractivity contribution in [1.29, 1.82) is 0 Å². The Balaban J connectivity index is 2.33. The lowest BCUT2D eigenvalue weighted by atomic mass is 9.88. The summed E-state index contributed by atoms with van der Waals surface area (Å²) in [6, 6.07) is -0.348. The first kappa shape index (κ1) is 13.5. The van der Waals surface area contributed by atoms with Gasteiger partial charge < -0.3 is 14.8 Å². The zero-order chi connectivity index (χ0) is 12.0. The predicted molar refractivity (Wildman–Crippen MR) is 62.2 cm³/mol. The van der Waals surface area contributed by atoms with Crippen molar-refractivity contribution in [3.63, 3.8) is 0 Å². The van der Waals surface area contributed by atoms with Crippen molar-refractivity contribution in [1.82, 2.24) is 5.32 Å². The van der Waals surface area contributed by atoms with Gasteiger partial charge in [-0.3, -0.25) is 4.79 Å². The molecule has 4 heteroatoms. The van der Waals surface area contributed by atoms with E-state index in [9.17, 15) is 4.79 Å². The molecule has 0 aromatic carbocycles. The minimum atomic E-state index is -0.348. The van der Waals surface area contributed by atoms with E-state index in [2.05, 4.69) is 17.0 Å². The van der Waals surface area contributed by atoms with E-state index in [1.807, 2.05) is 0 Å². The van der Waals surface area contributed by atoms with Crippen LogP contribution in [0.2, 0.25) is 0 Å². The molecule has 3 unspecified atom stereocenters. The second-order valence-corrected chi connectivity index (χ2v) is 4.50. The Hall–Kier alpha value is -0.610. The molecule has 1 fully saturated rings. The lowest BCUT2D eigenvalue weighted by Gasteiger charge is -2.29. The molecular formula is C12H23NO3.